The van der Waals surface area contributed by atoms with Crippen LogP contribution in [0.3, 0.4) is 0 Å². The highest BCUT2D eigenvalue weighted by atomic mass is 16.6. The number of benzene rings is 1. The molecule has 21 heavy (non-hydrogen) atoms. The molecule has 0 atom stereocenters. The Hall–Kier alpha value is -2.31. The summed E-state index contributed by atoms with van der Waals surface area (Å²) in [4.78, 5) is 23.3. The molecule has 1 heterocycles. The number of nitrogens with two attached hydrogens (primary N) is 1. The number of amides is 2. The zero-order chi connectivity index (χ0) is 15.6. The first kappa shape index (κ1) is 15.1. The van der Waals surface area contributed by atoms with E-state index in [9.17, 15) is 14.9 Å². The number of nitrogens with one attached hydrogen (secondary N) is 1. The van der Waals surface area contributed by atoms with Crippen molar-refractivity contribution in [2.45, 2.75) is 32.7 Å². The molecule has 0 bridgehead atoms. The lowest BCUT2D eigenvalue weighted by atomic mass is 10.0. The van der Waals surface area contributed by atoms with Crippen LogP contribution in [0.1, 0.15) is 24.0 Å². The fourth-order valence-corrected chi connectivity index (χ4v) is 2.66. The average Bonchev–Trinajstić information content (AvgIpc) is 2.42. The summed E-state index contributed by atoms with van der Waals surface area (Å²) in [6.45, 7) is 4.89. The van der Waals surface area contributed by atoms with Gasteiger partial charge in [0.2, 0.25) is 0 Å². The smallest absolute Gasteiger partial charge is 0.314 e. The van der Waals surface area contributed by atoms with Gasteiger partial charge in [-0.25, -0.2) is 4.79 Å². The van der Waals surface area contributed by atoms with Crippen molar-refractivity contribution in [3.8, 4) is 0 Å². The van der Waals surface area contributed by atoms with E-state index in [-0.39, 0.29) is 16.7 Å². The number of nitro groups is 1. The molecule has 1 aromatic rings. The minimum absolute atomic E-state index is 0.123. The third-order valence-electron chi connectivity index (χ3n) is 3.91. The zero-order valence-electron chi connectivity index (χ0n) is 12.3. The fourth-order valence-electron chi connectivity index (χ4n) is 2.66. The van der Waals surface area contributed by atoms with E-state index in [0.717, 1.165) is 24.1 Å². The van der Waals surface area contributed by atoms with Gasteiger partial charge in [0.15, 0.2) is 0 Å². The van der Waals surface area contributed by atoms with Gasteiger partial charge in [-0.1, -0.05) is 0 Å². The lowest BCUT2D eigenvalue weighted by Crippen LogP contribution is -2.44. The Morgan fingerprint density at radius 3 is 2.48 bits per heavy atom. The summed E-state index contributed by atoms with van der Waals surface area (Å²) in [6, 6.07) is 3.21. The molecule has 7 heteroatoms. The number of carbonyl (C=O) groups is 1. The first-order valence-corrected chi connectivity index (χ1v) is 6.95. The van der Waals surface area contributed by atoms with Crippen molar-refractivity contribution in [2.75, 3.05) is 18.4 Å². The maximum atomic E-state index is 11.1. The maximum absolute atomic E-state index is 11.1. The number of piperidine rings is 1. The molecule has 7 nitrogen and oxygen atoms in total. The number of hydrogen-bond acceptors (Lipinski definition) is 4. The summed E-state index contributed by atoms with van der Waals surface area (Å²) < 4.78 is 0. The molecule has 2 rings (SSSR count). The molecular formula is C14H20N4O3. The van der Waals surface area contributed by atoms with E-state index in [1.54, 1.807) is 17.9 Å². The number of nitro benzene ring substituents is 1. The molecule has 1 aliphatic heterocycles. The van der Waals surface area contributed by atoms with Gasteiger partial charge in [-0.15, -0.1) is 0 Å². The van der Waals surface area contributed by atoms with Crippen LogP contribution in [0.2, 0.25) is 0 Å². The van der Waals surface area contributed by atoms with E-state index in [1.807, 2.05) is 13.0 Å². The van der Waals surface area contributed by atoms with Crippen LogP contribution in [-0.2, 0) is 0 Å². The van der Waals surface area contributed by atoms with Gasteiger partial charge in [-0.3, -0.25) is 10.1 Å². The molecule has 0 aromatic heterocycles. The summed E-state index contributed by atoms with van der Waals surface area (Å²) in [5, 5.41) is 14.4. The molecule has 0 spiro atoms. The Morgan fingerprint density at radius 2 is 1.95 bits per heavy atom. The van der Waals surface area contributed by atoms with Crippen LogP contribution >= 0.6 is 0 Å². The van der Waals surface area contributed by atoms with E-state index >= 15 is 0 Å². The van der Waals surface area contributed by atoms with E-state index in [4.69, 9.17) is 5.73 Å². The van der Waals surface area contributed by atoms with Gasteiger partial charge in [-0.2, -0.15) is 0 Å². The standard InChI is InChI=1S/C14H20N4O3/c1-9-7-10(2)13(18(20)21)8-12(9)16-11-3-5-17(6-4-11)14(15)19/h7-8,11,16H,3-6H2,1-2H3,(H2,15,19). The van der Waals surface area contributed by atoms with Crippen molar-refractivity contribution in [3.05, 3.63) is 33.4 Å². The maximum Gasteiger partial charge on any atom is 0.314 e. The lowest BCUT2D eigenvalue weighted by molar-refractivity contribution is -0.385. The Bertz CT molecular complexity index is 566. The van der Waals surface area contributed by atoms with Gasteiger partial charge < -0.3 is 16.0 Å². The van der Waals surface area contributed by atoms with Crippen molar-refractivity contribution in [1.29, 1.82) is 0 Å². The summed E-state index contributed by atoms with van der Waals surface area (Å²) in [6.07, 6.45) is 1.56. The number of carbonyl (C=O) groups excluding carboxylic acids is 1. The topological polar surface area (TPSA) is 102 Å². The van der Waals surface area contributed by atoms with Crippen LogP contribution < -0.4 is 11.1 Å². The van der Waals surface area contributed by atoms with Gasteiger partial charge in [-0.05, 0) is 38.3 Å². The normalized spacial score (nSPS) is 15.8. The van der Waals surface area contributed by atoms with Crippen LogP contribution in [0.25, 0.3) is 0 Å². The third kappa shape index (κ3) is 3.42. The second-order valence-electron chi connectivity index (χ2n) is 5.45. The van der Waals surface area contributed by atoms with Crippen molar-refractivity contribution in [2.24, 2.45) is 5.73 Å². The van der Waals surface area contributed by atoms with Crippen molar-refractivity contribution < 1.29 is 9.72 Å². The van der Waals surface area contributed by atoms with Crippen LogP contribution in [-0.4, -0.2) is 35.0 Å². The number of urea groups is 1. The van der Waals surface area contributed by atoms with Gasteiger partial charge in [0.25, 0.3) is 5.69 Å². The highest BCUT2D eigenvalue weighted by Crippen LogP contribution is 2.28. The van der Waals surface area contributed by atoms with Gasteiger partial charge >= 0.3 is 6.03 Å². The second-order valence-corrected chi connectivity index (χ2v) is 5.45. The van der Waals surface area contributed by atoms with E-state index < -0.39 is 6.03 Å². The highest BCUT2D eigenvalue weighted by molar-refractivity contribution is 5.72. The Kier molecular flexibility index (Phi) is 4.30. The predicted molar refractivity (Wildman–Crippen MR) is 80.4 cm³/mol. The molecule has 1 fully saturated rings. The molecule has 0 radical (unpaired) electrons. The first-order chi connectivity index (χ1) is 9.88. The summed E-state index contributed by atoms with van der Waals surface area (Å²) in [5.74, 6) is 0. The van der Waals surface area contributed by atoms with E-state index in [0.29, 0.717) is 18.7 Å². The molecule has 1 aliphatic rings. The lowest BCUT2D eigenvalue weighted by Gasteiger charge is -2.32. The Morgan fingerprint density at radius 1 is 1.33 bits per heavy atom. The van der Waals surface area contributed by atoms with Crippen molar-refractivity contribution >= 4 is 17.4 Å². The molecular weight excluding hydrogens is 272 g/mol. The average molecular weight is 292 g/mol. The fraction of sp³-hybridized carbons (Fsp3) is 0.500. The predicted octanol–water partition coefficient (Wildman–Crippen LogP) is 2.17. The second kappa shape index (κ2) is 5.99. The van der Waals surface area contributed by atoms with Crippen molar-refractivity contribution in [1.82, 2.24) is 4.90 Å². The van der Waals surface area contributed by atoms with Gasteiger partial charge in [0, 0.05) is 36.4 Å². The number of hydrogen-bond donors (Lipinski definition) is 2. The number of nitrogens with zero attached hydrogens (tertiary/aromatic N) is 2. The quantitative estimate of drug-likeness (QED) is 0.658. The van der Waals surface area contributed by atoms with Crippen LogP contribution in [0.4, 0.5) is 16.2 Å². The minimum atomic E-state index is -0.393. The Labute approximate surface area is 123 Å². The summed E-state index contributed by atoms with van der Waals surface area (Å²) in [5.41, 5.74) is 7.80. The minimum Gasteiger partial charge on any atom is -0.382 e. The van der Waals surface area contributed by atoms with E-state index in [2.05, 4.69) is 5.32 Å². The highest BCUT2D eigenvalue weighted by Gasteiger charge is 2.22. The largest absolute Gasteiger partial charge is 0.382 e. The molecule has 114 valence electrons. The number of primary amides is 1. The SMILES string of the molecule is Cc1cc(C)c([N+](=O)[O-])cc1NC1CCN(C(N)=O)CC1. The number of likely N-dealkylation sites (tertiary alicyclic amines) is 1. The summed E-state index contributed by atoms with van der Waals surface area (Å²) >= 11 is 0. The molecule has 1 aromatic carbocycles. The van der Waals surface area contributed by atoms with Crippen molar-refractivity contribution in [3.63, 3.8) is 0 Å². The molecule has 1 saturated heterocycles. The number of aryl methyl sites for hydroxylation is 2. The van der Waals surface area contributed by atoms with Gasteiger partial charge in [0.1, 0.15) is 0 Å². The molecule has 0 aliphatic carbocycles. The first-order valence-electron chi connectivity index (χ1n) is 6.95. The summed E-state index contributed by atoms with van der Waals surface area (Å²) in [7, 11) is 0. The van der Waals surface area contributed by atoms with Crippen LogP contribution in [0.5, 0.6) is 0 Å². The molecule has 3 N–H and O–H groups in total. The Balaban J connectivity index is 2.08. The molecule has 2 amide bonds. The monoisotopic (exact) mass is 292 g/mol. The zero-order valence-corrected chi connectivity index (χ0v) is 12.3. The van der Waals surface area contributed by atoms with Crippen LogP contribution in [0.15, 0.2) is 12.1 Å². The third-order valence-corrected chi connectivity index (χ3v) is 3.91. The molecule has 0 unspecified atom stereocenters. The number of anilines is 1. The molecule has 0 saturated carbocycles. The van der Waals surface area contributed by atoms with Crippen LogP contribution in [0, 0.1) is 24.0 Å². The van der Waals surface area contributed by atoms with Gasteiger partial charge in [0.05, 0.1) is 4.92 Å². The van der Waals surface area contributed by atoms with E-state index in [1.165, 1.54) is 0 Å². The number of rotatable bonds is 3.